The van der Waals surface area contributed by atoms with Crippen molar-refractivity contribution < 1.29 is 28.2 Å². The van der Waals surface area contributed by atoms with Gasteiger partial charge in [0.15, 0.2) is 18.1 Å². The van der Waals surface area contributed by atoms with Crippen LogP contribution < -0.4 is 14.8 Å². The number of benzene rings is 3. The number of carbonyl (C=O) groups excluding carboxylic acids is 3. The van der Waals surface area contributed by atoms with Crippen LogP contribution in [-0.2, 0) is 16.1 Å². The highest BCUT2D eigenvalue weighted by Crippen LogP contribution is 2.39. The molecule has 0 atom stereocenters. The van der Waals surface area contributed by atoms with Crippen LogP contribution in [0.4, 0.5) is 14.9 Å². The van der Waals surface area contributed by atoms with Gasteiger partial charge in [0.05, 0.1) is 22.5 Å². The van der Waals surface area contributed by atoms with Crippen molar-refractivity contribution in [2.75, 3.05) is 18.5 Å². The van der Waals surface area contributed by atoms with Crippen LogP contribution in [0.5, 0.6) is 11.5 Å². The summed E-state index contributed by atoms with van der Waals surface area (Å²) >= 11 is 4.23. The van der Waals surface area contributed by atoms with Gasteiger partial charge in [0, 0.05) is 11.3 Å². The fraction of sp³-hybridized carbons (Fsp3) is 0.148. The third-order valence-electron chi connectivity index (χ3n) is 5.19. The Morgan fingerprint density at radius 1 is 1.08 bits per heavy atom. The van der Waals surface area contributed by atoms with Crippen molar-refractivity contribution in [1.29, 1.82) is 0 Å². The fourth-order valence-electron chi connectivity index (χ4n) is 3.52. The lowest BCUT2D eigenvalue weighted by Gasteiger charge is -2.15. The first-order valence-corrected chi connectivity index (χ1v) is 12.9. The standard InChI is InChI=1S/C27H22BrFN2O5S/c1-2-35-22-13-17(12-20(28)25(22)36-16-24(32)30-19-9-4-3-5-10-19)14-23-26(33)31(27(34)37-23)15-18-8-6-7-11-21(18)29/h3-14H,2,15-16H2,1H3,(H,30,32)/b23-14-. The summed E-state index contributed by atoms with van der Waals surface area (Å²) in [6.07, 6.45) is 1.56. The van der Waals surface area contributed by atoms with Crippen molar-refractivity contribution in [1.82, 2.24) is 4.90 Å². The van der Waals surface area contributed by atoms with Crippen LogP contribution in [-0.4, -0.2) is 35.2 Å². The lowest BCUT2D eigenvalue weighted by molar-refractivity contribution is -0.123. The Bertz CT molecular complexity index is 1370. The van der Waals surface area contributed by atoms with Gasteiger partial charge in [-0.3, -0.25) is 19.3 Å². The number of anilines is 1. The first-order chi connectivity index (χ1) is 17.9. The summed E-state index contributed by atoms with van der Waals surface area (Å²) in [5.41, 5.74) is 1.48. The predicted molar refractivity (Wildman–Crippen MR) is 144 cm³/mol. The molecule has 1 N–H and O–H groups in total. The Morgan fingerprint density at radius 3 is 2.54 bits per heavy atom. The molecule has 1 aliphatic rings. The van der Waals surface area contributed by atoms with Gasteiger partial charge in [-0.2, -0.15) is 0 Å². The van der Waals surface area contributed by atoms with Crippen molar-refractivity contribution >= 4 is 56.5 Å². The van der Waals surface area contributed by atoms with Gasteiger partial charge in [0.2, 0.25) is 0 Å². The number of rotatable bonds is 9. The summed E-state index contributed by atoms with van der Waals surface area (Å²) in [6.45, 7) is 1.74. The van der Waals surface area contributed by atoms with Crippen LogP contribution >= 0.6 is 27.7 Å². The number of ether oxygens (including phenoxy) is 2. The smallest absolute Gasteiger partial charge is 0.293 e. The number of thioether (sulfide) groups is 1. The van der Waals surface area contributed by atoms with Crippen molar-refractivity contribution in [2.24, 2.45) is 0 Å². The van der Waals surface area contributed by atoms with Crippen molar-refractivity contribution in [3.8, 4) is 11.5 Å². The van der Waals surface area contributed by atoms with E-state index in [1.165, 1.54) is 12.1 Å². The Morgan fingerprint density at radius 2 is 1.81 bits per heavy atom. The second kappa shape index (κ2) is 12.1. The molecule has 0 saturated carbocycles. The van der Waals surface area contributed by atoms with Crippen LogP contribution in [0.15, 0.2) is 76.1 Å². The molecule has 0 unspecified atom stereocenters. The number of imide groups is 1. The second-order valence-electron chi connectivity index (χ2n) is 7.83. The Kier molecular flexibility index (Phi) is 8.62. The van der Waals surface area contributed by atoms with Crippen LogP contribution in [0.1, 0.15) is 18.1 Å². The molecular weight excluding hydrogens is 563 g/mol. The normalized spacial score (nSPS) is 14.2. The third-order valence-corrected chi connectivity index (χ3v) is 6.69. The average molecular weight is 585 g/mol. The Hall–Kier alpha value is -3.63. The molecule has 1 fully saturated rings. The molecule has 10 heteroatoms. The van der Waals surface area contributed by atoms with E-state index in [4.69, 9.17) is 9.47 Å². The zero-order chi connectivity index (χ0) is 26.4. The highest BCUT2D eigenvalue weighted by atomic mass is 79.9. The van der Waals surface area contributed by atoms with E-state index in [9.17, 15) is 18.8 Å². The molecule has 1 aliphatic heterocycles. The van der Waals surface area contributed by atoms with E-state index in [1.54, 1.807) is 49.4 Å². The molecule has 0 aromatic heterocycles. The zero-order valence-corrected chi connectivity index (χ0v) is 22.1. The second-order valence-corrected chi connectivity index (χ2v) is 9.67. The molecule has 4 rings (SSSR count). The zero-order valence-electron chi connectivity index (χ0n) is 19.7. The summed E-state index contributed by atoms with van der Waals surface area (Å²) in [6, 6.07) is 18.4. The third kappa shape index (κ3) is 6.58. The van der Waals surface area contributed by atoms with Gasteiger partial charge in [-0.05, 0) is 76.6 Å². The van der Waals surface area contributed by atoms with E-state index in [-0.39, 0.29) is 29.5 Å². The van der Waals surface area contributed by atoms with Gasteiger partial charge in [0.1, 0.15) is 5.82 Å². The molecule has 1 heterocycles. The number of halogens is 2. The molecule has 7 nitrogen and oxygen atoms in total. The molecule has 0 radical (unpaired) electrons. The van der Waals surface area contributed by atoms with Gasteiger partial charge in [-0.25, -0.2) is 4.39 Å². The summed E-state index contributed by atoms with van der Waals surface area (Å²) in [5.74, 6) is -0.640. The van der Waals surface area contributed by atoms with Gasteiger partial charge in [-0.1, -0.05) is 36.4 Å². The summed E-state index contributed by atoms with van der Waals surface area (Å²) in [7, 11) is 0. The molecule has 3 aromatic carbocycles. The first-order valence-electron chi connectivity index (χ1n) is 11.3. The average Bonchev–Trinajstić information content (AvgIpc) is 3.13. The van der Waals surface area contributed by atoms with E-state index in [2.05, 4.69) is 21.2 Å². The lowest BCUT2D eigenvalue weighted by Crippen LogP contribution is -2.27. The SMILES string of the molecule is CCOc1cc(/C=C2\SC(=O)N(Cc3ccccc3F)C2=O)cc(Br)c1OCC(=O)Nc1ccccc1. The minimum absolute atomic E-state index is 0.152. The maximum Gasteiger partial charge on any atom is 0.293 e. The quantitative estimate of drug-likeness (QED) is 0.300. The number of amides is 3. The fourth-order valence-corrected chi connectivity index (χ4v) is 4.93. The number of hydrogen-bond acceptors (Lipinski definition) is 6. The van der Waals surface area contributed by atoms with E-state index >= 15 is 0 Å². The molecule has 0 aliphatic carbocycles. The number of nitrogens with zero attached hydrogens (tertiary/aromatic N) is 1. The lowest BCUT2D eigenvalue weighted by atomic mass is 10.1. The molecule has 1 saturated heterocycles. The predicted octanol–water partition coefficient (Wildman–Crippen LogP) is 6.24. The largest absolute Gasteiger partial charge is 0.490 e. The number of hydrogen-bond donors (Lipinski definition) is 1. The minimum Gasteiger partial charge on any atom is -0.490 e. The number of carbonyl (C=O) groups is 3. The monoisotopic (exact) mass is 584 g/mol. The van der Waals surface area contributed by atoms with Gasteiger partial charge >= 0.3 is 0 Å². The van der Waals surface area contributed by atoms with Gasteiger partial charge in [-0.15, -0.1) is 0 Å². The molecule has 190 valence electrons. The Balaban J connectivity index is 1.50. The molecular formula is C27H22BrFN2O5S. The van der Waals surface area contributed by atoms with Gasteiger partial charge < -0.3 is 14.8 Å². The van der Waals surface area contributed by atoms with Crippen molar-refractivity contribution in [3.05, 3.63) is 93.1 Å². The van der Waals surface area contributed by atoms with E-state index in [1.807, 2.05) is 18.2 Å². The van der Waals surface area contributed by atoms with Crippen LogP contribution in [0.3, 0.4) is 0 Å². The molecule has 0 spiro atoms. The molecule has 37 heavy (non-hydrogen) atoms. The van der Waals surface area contributed by atoms with E-state index in [0.717, 1.165) is 16.7 Å². The van der Waals surface area contributed by atoms with Crippen LogP contribution in [0, 0.1) is 5.82 Å². The summed E-state index contributed by atoms with van der Waals surface area (Å²) < 4.78 is 26.0. The van der Waals surface area contributed by atoms with Crippen LogP contribution in [0.2, 0.25) is 0 Å². The topological polar surface area (TPSA) is 84.9 Å². The van der Waals surface area contributed by atoms with E-state index in [0.29, 0.717) is 33.8 Å². The minimum atomic E-state index is -0.509. The van der Waals surface area contributed by atoms with Crippen molar-refractivity contribution in [2.45, 2.75) is 13.5 Å². The summed E-state index contributed by atoms with van der Waals surface area (Å²) in [5, 5.41) is 2.27. The van der Waals surface area contributed by atoms with Crippen LogP contribution in [0.25, 0.3) is 6.08 Å². The first kappa shape index (κ1) is 26.4. The number of para-hydroxylation sites is 1. The molecule has 3 aromatic rings. The maximum atomic E-state index is 14.0. The molecule has 3 amide bonds. The highest BCUT2D eigenvalue weighted by Gasteiger charge is 2.35. The molecule has 0 bridgehead atoms. The Labute approximate surface area is 225 Å². The van der Waals surface area contributed by atoms with E-state index < -0.39 is 17.0 Å². The summed E-state index contributed by atoms with van der Waals surface area (Å²) in [4.78, 5) is 38.9. The highest BCUT2D eigenvalue weighted by molar-refractivity contribution is 9.10. The van der Waals surface area contributed by atoms with Gasteiger partial charge in [0.25, 0.3) is 17.1 Å². The number of nitrogens with one attached hydrogen (secondary N) is 1. The van der Waals surface area contributed by atoms with Crippen molar-refractivity contribution in [3.63, 3.8) is 0 Å². The maximum absolute atomic E-state index is 14.0.